The molecule has 1 aromatic rings. The summed E-state index contributed by atoms with van der Waals surface area (Å²) in [6.07, 6.45) is 6.26. The van der Waals surface area contributed by atoms with Crippen molar-refractivity contribution in [1.29, 1.82) is 0 Å². The van der Waals surface area contributed by atoms with Gasteiger partial charge in [-0.25, -0.2) is 14.6 Å². The molecule has 0 saturated carbocycles. The molecule has 2 rings (SSSR count). The van der Waals surface area contributed by atoms with Gasteiger partial charge in [-0.05, 0) is 18.9 Å². The van der Waals surface area contributed by atoms with Gasteiger partial charge in [0.1, 0.15) is 0 Å². The molecule has 1 aromatic heterocycles. The fourth-order valence-corrected chi connectivity index (χ4v) is 3.17. The van der Waals surface area contributed by atoms with E-state index in [1.54, 1.807) is 0 Å². The number of carboxylic acid groups (broad SMARTS) is 1. The Morgan fingerprint density at radius 2 is 2.22 bits per heavy atom. The zero-order valence-corrected chi connectivity index (χ0v) is 15.9. The minimum atomic E-state index is -2.01. The molecule has 0 radical (unpaired) electrons. The van der Waals surface area contributed by atoms with Crippen LogP contribution in [0, 0.1) is 5.92 Å². The second-order valence-corrected chi connectivity index (χ2v) is 6.81. The molecule has 1 aliphatic rings. The maximum Gasteiger partial charge on any atom is 0.422 e. The smallest absolute Gasteiger partial charge is 0.422 e. The molecule has 0 bridgehead atoms. The fraction of sp³-hybridized carbons (Fsp3) is 0.667. The Morgan fingerprint density at radius 3 is 2.78 bits per heavy atom. The maximum absolute atomic E-state index is 12.5. The SMILES string of the molecule is CCCCC(CC)CNCCC(=O)N1C(=O)O[C@]1(Cc1cnc[nH]1)C(=O)O. The zero-order valence-electron chi connectivity index (χ0n) is 15.9. The molecule has 150 valence electrons. The molecule has 0 spiro atoms. The van der Waals surface area contributed by atoms with Crippen LogP contribution in [-0.2, 0) is 20.7 Å². The topological polar surface area (TPSA) is 125 Å². The van der Waals surface area contributed by atoms with Crippen LogP contribution in [-0.4, -0.2) is 56.8 Å². The first-order valence-electron chi connectivity index (χ1n) is 9.42. The van der Waals surface area contributed by atoms with Gasteiger partial charge in [-0.15, -0.1) is 0 Å². The number of ether oxygens (including phenoxy) is 1. The average molecular weight is 380 g/mol. The number of rotatable bonds is 12. The molecule has 1 saturated heterocycles. The average Bonchev–Trinajstić information content (AvgIpc) is 3.13. The molecule has 9 nitrogen and oxygen atoms in total. The van der Waals surface area contributed by atoms with Crippen molar-refractivity contribution < 1.29 is 24.2 Å². The van der Waals surface area contributed by atoms with Gasteiger partial charge in [0.05, 0.1) is 12.7 Å². The summed E-state index contributed by atoms with van der Waals surface area (Å²) in [6.45, 7) is 5.47. The first kappa shape index (κ1) is 20.9. The Kier molecular flexibility index (Phi) is 7.35. The predicted octanol–water partition coefficient (Wildman–Crippen LogP) is 1.91. The molecule has 9 heteroatoms. The highest BCUT2D eigenvalue weighted by Gasteiger charge is 2.63. The van der Waals surface area contributed by atoms with Gasteiger partial charge < -0.3 is 20.1 Å². The molecule has 0 aromatic carbocycles. The van der Waals surface area contributed by atoms with Gasteiger partial charge in [-0.3, -0.25) is 4.79 Å². The first-order chi connectivity index (χ1) is 12.9. The summed E-state index contributed by atoms with van der Waals surface area (Å²) in [6, 6.07) is 0. The standard InChI is InChI=1S/C18H28N4O5/c1-3-5-6-13(4-2)10-19-8-7-15(23)22-17(26)27-18(22,16(24)25)9-14-11-20-12-21-14/h11-13,19H,3-10H2,1-2H3,(H,20,21)(H,24,25)/t13?,18-/m1/s1. The highest BCUT2D eigenvalue weighted by Crippen LogP contribution is 2.33. The van der Waals surface area contributed by atoms with E-state index in [1.807, 2.05) is 0 Å². The van der Waals surface area contributed by atoms with Crippen LogP contribution in [0.15, 0.2) is 12.5 Å². The molecule has 2 heterocycles. The second kappa shape index (κ2) is 9.50. The highest BCUT2D eigenvalue weighted by molar-refractivity contribution is 6.03. The molecule has 1 fully saturated rings. The lowest BCUT2D eigenvalue weighted by atomic mass is 9.99. The largest absolute Gasteiger partial charge is 0.477 e. The number of imide groups is 1. The normalized spacial score (nSPS) is 20.1. The molecule has 27 heavy (non-hydrogen) atoms. The van der Waals surface area contributed by atoms with Crippen molar-refractivity contribution in [3.63, 3.8) is 0 Å². The second-order valence-electron chi connectivity index (χ2n) is 6.81. The Hall–Kier alpha value is -2.42. The van der Waals surface area contributed by atoms with Crippen LogP contribution >= 0.6 is 0 Å². The Balaban J connectivity index is 1.89. The van der Waals surface area contributed by atoms with E-state index in [2.05, 4.69) is 29.1 Å². The molecule has 2 amide bonds. The number of carbonyl (C=O) groups excluding carboxylic acids is 2. The summed E-state index contributed by atoms with van der Waals surface area (Å²) in [4.78, 5) is 43.3. The number of unbranched alkanes of at least 4 members (excludes halogenated alkanes) is 1. The Morgan fingerprint density at radius 1 is 1.44 bits per heavy atom. The van der Waals surface area contributed by atoms with Gasteiger partial charge in [0.25, 0.3) is 0 Å². The Labute approximate surface area is 158 Å². The molecular weight excluding hydrogens is 352 g/mol. The van der Waals surface area contributed by atoms with Crippen molar-refractivity contribution in [2.75, 3.05) is 13.1 Å². The van der Waals surface area contributed by atoms with Gasteiger partial charge in [0, 0.05) is 24.9 Å². The number of hydrogen-bond acceptors (Lipinski definition) is 6. The number of nitrogens with one attached hydrogen (secondary N) is 2. The number of cyclic esters (lactones) is 1. The van der Waals surface area contributed by atoms with Crippen molar-refractivity contribution in [3.05, 3.63) is 18.2 Å². The van der Waals surface area contributed by atoms with E-state index in [0.29, 0.717) is 23.1 Å². The summed E-state index contributed by atoms with van der Waals surface area (Å²) >= 11 is 0. The summed E-state index contributed by atoms with van der Waals surface area (Å²) in [5.41, 5.74) is -1.55. The number of H-pyrrole nitrogens is 1. The van der Waals surface area contributed by atoms with Crippen molar-refractivity contribution in [2.45, 2.75) is 58.1 Å². The van der Waals surface area contributed by atoms with Gasteiger partial charge in [-0.1, -0.05) is 33.1 Å². The van der Waals surface area contributed by atoms with Crippen molar-refractivity contribution >= 4 is 18.0 Å². The molecule has 0 aliphatic carbocycles. The quantitative estimate of drug-likeness (QED) is 0.473. The number of aromatic nitrogens is 2. The number of aliphatic carboxylic acids is 1. The Bertz CT molecular complexity index is 648. The van der Waals surface area contributed by atoms with E-state index in [-0.39, 0.29) is 12.8 Å². The maximum atomic E-state index is 12.5. The first-order valence-corrected chi connectivity index (χ1v) is 9.42. The summed E-state index contributed by atoms with van der Waals surface area (Å²) in [5.74, 6) is -1.40. The van der Waals surface area contributed by atoms with E-state index in [9.17, 15) is 19.5 Å². The van der Waals surface area contributed by atoms with Gasteiger partial charge in [0.15, 0.2) is 0 Å². The van der Waals surface area contributed by atoms with Crippen molar-refractivity contribution in [1.82, 2.24) is 20.2 Å². The molecule has 1 unspecified atom stereocenters. The highest BCUT2D eigenvalue weighted by atomic mass is 16.7. The van der Waals surface area contributed by atoms with Crippen LogP contribution in [0.1, 0.15) is 51.6 Å². The fourth-order valence-electron chi connectivity index (χ4n) is 3.17. The van der Waals surface area contributed by atoms with E-state index in [4.69, 9.17) is 4.74 Å². The van der Waals surface area contributed by atoms with Crippen molar-refractivity contribution in [2.24, 2.45) is 5.92 Å². The number of amides is 2. The lowest BCUT2D eigenvalue weighted by molar-refractivity contribution is -0.214. The number of aromatic amines is 1. The van der Waals surface area contributed by atoms with Gasteiger partial charge in [0.2, 0.25) is 5.91 Å². The summed E-state index contributed by atoms with van der Waals surface area (Å²) in [5, 5.41) is 12.8. The number of nitrogens with zero attached hydrogens (tertiary/aromatic N) is 2. The van der Waals surface area contributed by atoms with E-state index >= 15 is 0 Å². The van der Waals surface area contributed by atoms with Crippen LogP contribution in [0.3, 0.4) is 0 Å². The molecular formula is C18H28N4O5. The number of hydrogen-bond donors (Lipinski definition) is 3. The third-order valence-corrected chi connectivity index (χ3v) is 4.86. The molecule has 2 atom stereocenters. The van der Waals surface area contributed by atoms with Crippen LogP contribution in [0.5, 0.6) is 0 Å². The zero-order chi connectivity index (χ0) is 19.9. The third-order valence-electron chi connectivity index (χ3n) is 4.86. The molecule has 1 aliphatic heterocycles. The minimum Gasteiger partial charge on any atom is -0.477 e. The monoisotopic (exact) mass is 380 g/mol. The summed E-state index contributed by atoms with van der Waals surface area (Å²) in [7, 11) is 0. The minimum absolute atomic E-state index is 0.0251. The third kappa shape index (κ3) is 4.85. The number of carboxylic acids is 1. The predicted molar refractivity (Wildman–Crippen MR) is 96.8 cm³/mol. The molecule has 3 N–H and O–H groups in total. The van der Waals surface area contributed by atoms with Crippen LogP contribution < -0.4 is 5.32 Å². The van der Waals surface area contributed by atoms with Crippen LogP contribution in [0.2, 0.25) is 0 Å². The lowest BCUT2D eigenvalue weighted by Crippen LogP contribution is -2.72. The lowest BCUT2D eigenvalue weighted by Gasteiger charge is -2.45. The van der Waals surface area contributed by atoms with Gasteiger partial charge >= 0.3 is 17.8 Å². The van der Waals surface area contributed by atoms with E-state index in [1.165, 1.54) is 18.9 Å². The number of imidazole rings is 1. The van der Waals surface area contributed by atoms with Crippen LogP contribution in [0.4, 0.5) is 4.79 Å². The van der Waals surface area contributed by atoms with Crippen molar-refractivity contribution in [3.8, 4) is 0 Å². The summed E-state index contributed by atoms with van der Waals surface area (Å²) < 4.78 is 4.90. The van der Waals surface area contributed by atoms with E-state index in [0.717, 1.165) is 25.8 Å². The van der Waals surface area contributed by atoms with Gasteiger partial charge in [-0.2, -0.15) is 4.90 Å². The number of carbonyl (C=O) groups is 3. The van der Waals surface area contributed by atoms with Crippen LogP contribution in [0.25, 0.3) is 0 Å². The van der Waals surface area contributed by atoms with E-state index < -0.39 is 23.7 Å².